The van der Waals surface area contributed by atoms with Gasteiger partial charge in [0.05, 0.1) is 10.4 Å². The predicted molar refractivity (Wildman–Crippen MR) is 77.6 cm³/mol. The third-order valence-corrected chi connectivity index (χ3v) is 3.11. The molecule has 0 unspecified atom stereocenters. The van der Waals surface area contributed by atoms with Crippen molar-refractivity contribution in [2.24, 2.45) is 0 Å². The van der Waals surface area contributed by atoms with Crippen LogP contribution in [0.25, 0.3) is 10.9 Å². The third kappa shape index (κ3) is 2.48. The number of fused-ring (bicyclic) bond motifs is 1. The van der Waals surface area contributed by atoms with Gasteiger partial charge in [0.25, 0.3) is 0 Å². The fourth-order valence-corrected chi connectivity index (χ4v) is 2.14. The van der Waals surface area contributed by atoms with E-state index in [2.05, 4.69) is 15.0 Å². The molecule has 1 aromatic carbocycles. The van der Waals surface area contributed by atoms with Gasteiger partial charge in [-0.3, -0.25) is 15.1 Å². The number of para-hydroxylation sites is 1. The molecule has 7 nitrogen and oxygen atoms in total. The molecule has 104 valence electrons. The van der Waals surface area contributed by atoms with Gasteiger partial charge in [-0.1, -0.05) is 24.3 Å². The standard InChI is InChI=1S/C14H11N5O2/c15-14-13(19(20)21)12(16-8-17-14)7-10-6-5-9-3-1-2-4-11(9)18-10/h1-6,8H,7H2,(H2,15,16,17). The molecule has 0 aliphatic carbocycles. The Labute approximate surface area is 119 Å². The molecule has 0 fully saturated rings. The molecular weight excluding hydrogens is 270 g/mol. The first-order valence-electron chi connectivity index (χ1n) is 6.23. The highest BCUT2D eigenvalue weighted by Crippen LogP contribution is 2.24. The molecule has 3 rings (SSSR count). The van der Waals surface area contributed by atoms with Crippen LogP contribution in [0.3, 0.4) is 0 Å². The number of nitrogens with two attached hydrogens (primary N) is 1. The number of nitro groups is 1. The van der Waals surface area contributed by atoms with Crippen LogP contribution in [0.5, 0.6) is 0 Å². The number of aromatic nitrogens is 3. The van der Waals surface area contributed by atoms with Crippen molar-refractivity contribution in [2.75, 3.05) is 5.73 Å². The highest BCUT2D eigenvalue weighted by molar-refractivity contribution is 5.78. The average Bonchev–Trinajstić information content (AvgIpc) is 2.47. The first-order chi connectivity index (χ1) is 10.1. The summed E-state index contributed by atoms with van der Waals surface area (Å²) in [6.07, 6.45) is 1.45. The molecule has 0 atom stereocenters. The number of hydrogen-bond acceptors (Lipinski definition) is 6. The van der Waals surface area contributed by atoms with E-state index in [1.54, 1.807) is 0 Å². The minimum atomic E-state index is -0.564. The Morgan fingerprint density at radius 3 is 2.76 bits per heavy atom. The summed E-state index contributed by atoms with van der Waals surface area (Å²) >= 11 is 0. The molecule has 0 bridgehead atoms. The van der Waals surface area contributed by atoms with Crippen molar-refractivity contribution in [1.29, 1.82) is 0 Å². The molecule has 0 spiro atoms. The summed E-state index contributed by atoms with van der Waals surface area (Å²) in [6.45, 7) is 0. The monoisotopic (exact) mass is 281 g/mol. The van der Waals surface area contributed by atoms with E-state index in [9.17, 15) is 10.1 Å². The second-order valence-electron chi connectivity index (χ2n) is 4.48. The van der Waals surface area contributed by atoms with Crippen LogP contribution in [0.15, 0.2) is 42.7 Å². The smallest absolute Gasteiger partial charge is 0.332 e. The van der Waals surface area contributed by atoms with Gasteiger partial charge >= 0.3 is 5.69 Å². The van der Waals surface area contributed by atoms with Gasteiger partial charge < -0.3 is 5.73 Å². The van der Waals surface area contributed by atoms with Crippen LogP contribution in [0, 0.1) is 10.1 Å². The highest BCUT2D eigenvalue weighted by Gasteiger charge is 2.21. The van der Waals surface area contributed by atoms with Gasteiger partial charge in [0, 0.05) is 17.5 Å². The number of pyridine rings is 1. The van der Waals surface area contributed by atoms with E-state index < -0.39 is 4.92 Å². The van der Waals surface area contributed by atoms with Crippen molar-refractivity contribution in [3.8, 4) is 0 Å². The quantitative estimate of drug-likeness (QED) is 0.581. The van der Waals surface area contributed by atoms with Crippen molar-refractivity contribution >= 4 is 22.4 Å². The molecule has 0 saturated heterocycles. The Balaban J connectivity index is 2.02. The molecule has 0 saturated carbocycles. The second kappa shape index (κ2) is 5.12. The molecule has 7 heteroatoms. The number of hydrogen-bond donors (Lipinski definition) is 1. The van der Waals surface area contributed by atoms with Gasteiger partial charge in [-0.15, -0.1) is 0 Å². The first kappa shape index (κ1) is 12.9. The SMILES string of the molecule is Nc1ncnc(Cc2ccc3ccccc3n2)c1[N+](=O)[O-]. The molecule has 21 heavy (non-hydrogen) atoms. The third-order valence-electron chi connectivity index (χ3n) is 3.11. The maximum Gasteiger partial charge on any atom is 0.332 e. The van der Waals surface area contributed by atoms with Crippen LogP contribution >= 0.6 is 0 Å². The van der Waals surface area contributed by atoms with Crippen molar-refractivity contribution in [3.63, 3.8) is 0 Å². The summed E-state index contributed by atoms with van der Waals surface area (Å²) in [5, 5.41) is 12.1. The average molecular weight is 281 g/mol. The zero-order valence-electron chi connectivity index (χ0n) is 10.9. The van der Waals surface area contributed by atoms with Crippen LogP contribution in [-0.4, -0.2) is 19.9 Å². The number of rotatable bonds is 3. The van der Waals surface area contributed by atoms with E-state index in [1.165, 1.54) is 6.33 Å². The molecular formula is C14H11N5O2. The van der Waals surface area contributed by atoms with E-state index in [0.717, 1.165) is 10.9 Å². The predicted octanol–water partition coefficient (Wildman–Crippen LogP) is 2.11. The van der Waals surface area contributed by atoms with E-state index in [0.29, 0.717) is 5.69 Å². The Bertz CT molecular complexity index is 834. The fraction of sp³-hybridized carbons (Fsp3) is 0.0714. The summed E-state index contributed by atoms with van der Waals surface area (Å²) in [5.41, 5.74) is 7.08. The number of benzene rings is 1. The van der Waals surface area contributed by atoms with E-state index >= 15 is 0 Å². The highest BCUT2D eigenvalue weighted by atomic mass is 16.6. The Morgan fingerprint density at radius 2 is 1.95 bits per heavy atom. The maximum atomic E-state index is 11.1. The van der Waals surface area contributed by atoms with Crippen LogP contribution in [-0.2, 0) is 6.42 Å². The van der Waals surface area contributed by atoms with E-state index in [4.69, 9.17) is 5.73 Å². The minimum absolute atomic E-state index is 0.134. The lowest BCUT2D eigenvalue weighted by Gasteiger charge is -2.04. The Morgan fingerprint density at radius 1 is 1.14 bits per heavy atom. The largest absolute Gasteiger partial charge is 0.378 e. The first-order valence-corrected chi connectivity index (χ1v) is 6.23. The topological polar surface area (TPSA) is 108 Å². The molecule has 0 aliphatic heterocycles. The van der Waals surface area contributed by atoms with Gasteiger partial charge in [-0.05, 0) is 12.1 Å². The molecule has 2 aromatic heterocycles. The molecule has 3 aromatic rings. The lowest BCUT2D eigenvalue weighted by molar-refractivity contribution is -0.385. The summed E-state index contributed by atoms with van der Waals surface area (Å²) in [6, 6.07) is 11.4. The van der Waals surface area contributed by atoms with Gasteiger partial charge in [0.2, 0.25) is 5.82 Å². The minimum Gasteiger partial charge on any atom is -0.378 e. The number of nitrogen functional groups attached to an aromatic ring is 1. The normalized spacial score (nSPS) is 10.7. The number of nitrogens with zero attached hydrogens (tertiary/aromatic N) is 4. The van der Waals surface area contributed by atoms with Crippen LogP contribution < -0.4 is 5.73 Å². The molecule has 2 heterocycles. The van der Waals surface area contributed by atoms with Crippen molar-refractivity contribution in [2.45, 2.75) is 6.42 Å². The molecule has 2 N–H and O–H groups in total. The van der Waals surface area contributed by atoms with E-state index in [-0.39, 0.29) is 23.6 Å². The Hall–Kier alpha value is -3.09. The van der Waals surface area contributed by atoms with Crippen LogP contribution in [0.1, 0.15) is 11.4 Å². The Kier molecular flexibility index (Phi) is 3.15. The van der Waals surface area contributed by atoms with Crippen molar-refractivity contribution in [1.82, 2.24) is 15.0 Å². The fourth-order valence-electron chi connectivity index (χ4n) is 2.14. The van der Waals surface area contributed by atoms with E-state index in [1.807, 2.05) is 36.4 Å². The second-order valence-corrected chi connectivity index (χ2v) is 4.48. The summed E-state index contributed by atoms with van der Waals surface area (Å²) in [5.74, 6) is -0.134. The van der Waals surface area contributed by atoms with Crippen molar-refractivity contribution in [3.05, 3.63) is 64.2 Å². The van der Waals surface area contributed by atoms with Crippen LogP contribution in [0.2, 0.25) is 0 Å². The zero-order chi connectivity index (χ0) is 14.8. The van der Waals surface area contributed by atoms with Crippen molar-refractivity contribution < 1.29 is 4.92 Å². The summed E-state index contributed by atoms with van der Waals surface area (Å²) in [4.78, 5) is 22.6. The lowest BCUT2D eigenvalue weighted by atomic mass is 10.1. The van der Waals surface area contributed by atoms with Gasteiger partial charge in [0.15, 0.2) is 0 Å². The van der Waals surface area contributed by atoms with Gasteiger partial charge in [-0.2, -0.15) is 0 Å². The zero-order valence-corrected chi connectivity index (χ0v) is 10.9. The molecule has 0 aliphatic rings. The lowest BCUT2D eigenvalue weighted by Crippen LogP contribution is -2.06. The van der Waals surface area contributed by atoms with Gasteiger partial charge in [0.1, 0.15) is 12.0 Å². The van der Waals surface area contributed by atoms with Crippen LogP contribution in [0.4, 0.5) is 11.5 Å². The summed E-state index contributed by atoms with van der Waals surface area (Å²) < 4.78 is 0. The summed E-state index contributed by atoms with van der Waals surface area (Å²) in [7, 11) is 0. The molecule has 0 radical (unpaired) electrons. The maximum absolute atomic E-state index is 11.1. The number of anilines is 1. The van der Waals surface area contributed by atoms with Gasteiger partial charge in [-0.25, -0.2) is 9.97 Å². The molecule has 0 amide bonds.